The number of methoxy groups -OCH3 is 1. The van der Waals surface area contributed by atoms with E-state index in [0.29, 0.717) is 37.6 Å². The highest BCUT2D eigenvalue weighted by molar-refractivity contribution is 5.92. The molecule has 1 aliphatic rings. The van der Waals surface area contributed by atoms with Crippen LogP contribution in [-0.2, 0) is 9.53 Å². The summed E-state index contributed by atoms with van der Waals surface area (Å²) in [6.07, 6.45) is 1.87. The lowest BCUT2D eigenvalue weighted by Gasteiger charge is -2.31. The van der Waals surface area contributed by atoms with Crippen LogP contribution in [-0.4, -0.2) is 54.7 Å². The van der Waals surface area contributed by atoms with Gasteiger partial charge in [-0.15, -0.1) is 0 Å². The van der Waals surface area contributed by atoms with Crippen LogP contribution in [0.3, 0.4) is 0 Å². The smallest absolute Gasteiger partial charge is 0.276 e. The van der Waals surface area contributed by atoms with Crippen molar-refractivity contribution in [2.75, 3.05) is 26.8 Å². The van der Waals surface area contributed by atoms with Crippen LogP contribution in [0.15, 0.2) is 10.6 Å². The summed E-state index contributed by atoms with van der Waals surface area (Å²) in [5.41, 5.74) is 0.343. The second-order valence-corrected chi connectivity index (χ2v) is 5.20. The monoisotopic (exact) mass is 295 g/mol. The van der Waals surface area contributed by atoms with Crippen molar-refractivity contribution in [1.82, 2.24) is 15.4 Å². The molecule has 21 heavy (non-hydrogen) atoms. The maximum absolute atomic E-state index is 12.2. The molecule has 0 saturated carbocycles. The fourth-order valence-electron chi connectivity index (χ4n) is 2.35. The van der Waals surface area contributed by atoms with E-state index in [-0.39, 0.29) is 17.9 Å². The molecule has 0 atom stereocenters. The third-order valence-electron chi connectivity index (χ3n) is 3.53. The molecular formula is C14H21N3O4. The van der Waals surface area contributed by atoms with Crippen LogP contribution < -0.4 is 5.32 Å². The summed E-state index contributed by atoms with van der Waals surface area (Å²) in [5.74, 6) is 0.503. The minimum atomic E-state index is -0.115. The van der Waals surface area contributed by atoms with Crippen LogP contribution >= 0.6 is 0 Å². The number of ether oxygens (including phenoxy) is 1. The van der Waals surface area contributed by atoms with Crippen molar-refractivity contribution in [3.05, 3.63) is 17.5 Å². The maximum Gasteiger partial charge on any atom is 0.276 e. The standard InChI is InChI=1S/C14H21N3O4/c1-10-9-12(16-21-10)14(19)17-6-3-11(4-7-17)15-13(18)5-8-20-2/h9,11H,3-8H2,1-2H3,(H,15,18). The van der Waals surface area contributed by atoms with Crippen LogP contribution in [0, 0.1) is 6.92 Å². The maximum atomic E-state index is 12.2. The number of nitrogens with zero attached hydrogens (tertiary/aromatic N) is 2. The van der Waals surface area contributed by atoms with Gasteiger partial charge in [-0.1, -0.05) is 5.16 Å². The van der Waals surface area contributed by atoms with Crippen molar-refractivity contribution in [3.63, 3.8) is 0 Å². The lowest BCUT2D eigenvalue weighted by molar-refractivity contribution is -0.122. The summed E-state index contributed by atoms with van der Waals surface area (Å²) in [6.45, 7) is 3.40. The van der Waals surface area contributed by atoms with Gasteiger partial charge >= 0.3 is 0 Å². The molecule has 0 spiro atoms. The van der Waals surface area contributed by atoms with Crippen molar-refractivity contribution >= 4 is 11.8 Å². The average molecular weight is 295 g/mol. The highest BCUT2D eigenvalue weighted by atomic mass is 16.5. The first-order valence-corrected chi connectivity index (χ1v) is 7.11. The Morgan fingerprint density at radius 1 is 1.48 bits per heavy atom. The number of likely N-dealkylation sites (tertiary alicyclic amines) is 1. The molecule has 1 aromatic heterocycles. The van der Waals surface area contributed by atoms with Gasteiger partial charge in [0, 0.05) is 38.7 Å². The lowest BCUT2D eigenvalue weighted by atomic mass is 10.0. The Morgan fingerprint density at radius 3 is 2.76 bits per heavy atom. The minimum absolute atomic E-state index is 0.00578. The SMILES string of the molecule is COCCC(=O)NC1CCN(C(=O)c2cc(C)on2)CC1. The molecule has 1 aliphatic heterocycles. The zero-order valence-electron chi connectivity index (χ0n) is 12.4. The van der Waals surface area contributed by atoms with E-state index in [4.69, 9.17) is 9.26 Å². The van der Waals surface area contributed by atoms with E-state index in [9.17, 15) is 9.59 Å². The van der Waals surface area contributed by atoms with Gasteiger partial charge in [0.05, 0.1) is 6.61 Å². The Balaban J connectivity index is 1.78. The largest absolute Gasteiger partial charge is 0.384 e. The summed E-state index contributed by atoms with van der Waals surface area (Å²) < 4.78 is 9.79. The van der Waals surface area contributed by atoms with Crippen molar-refractivity contribution < 1.29 is 18.8 Å². The molecule has 116 valence electrons. The lowest BCUT2D eigenvalue weighted by Crippen LogP contribution is -2.46. The molecule has 0 aromatic carbocycles. The fourth-order valence-corrected chi connectivity index (χ4v) is 2.35. The van der Waals surface area contributed by atoms with E-state index in [1.165, 1.54) is 0 Å². The molecule has 2 rings (SSSR count). The normalized spacial score (nSPS) is 16.0. The Kier molecular flexibility index (Phi) is 5.32. The summed E-state index contributed by atoms with van der Waals surface area (Å²) in [6, 6.07) is 1.76. The predicted octanol–water partition coefficient (Wildman–Crippen LogP) is 0.740. The number of rotatable bonds is 5. The molecule has 7 heteroatoms. The Labute approximate surface area is 123 Å². The van der Waals surface area contributed by atoms with Crippen molar-refractivity contribution in [2.45, 2.75) is 32.2 Å². The highest BCUT2D eigenvalue weighted by Crippen LogP contribution is 2.14. The Hall–Kier alpha value is -1.89. The quantitative estimate of drug-likeness (QED) is 0.866. The van der Waals surface area contributed by atoms with Crippen molar-refractivity contribution in [3.8, 4) is 0 Å². The van der Waals surface area contributed by atoms with Crippen molar-refractivity contribution in [1.29, 1.82) is 0 Å². The van der Waals surface area contributed by atoms with Crippen LogP contribution in [0.2, 0.25) is 0 Å². The summed E-state index contributed by atoms with van der Waals surface area (Å²) in [7, 11) is 1.57. The van der Waals surface area contributed by atoms with E-state index in [1.807, 2.05) is 0 Å². The van der Waals surface area contributed by atoms with Gasteiger partial charge in [0.15, 0.2) is 5.69 Å². The Bertz CT molecular complexity index is 492. The third kappa shape index (κ3) is 4.29. The van der Waals surface area contributed by atoms with Crippen LogP contribution in [0.25, 0.3) is 0 Å². The first-order chi connectivity index (χ1) is 10.1. The molecular weight excluding hydrogens is 274 g/mol. The summed E-state index contributed by atoms with van der Waals surface area (Å²) in [5, 5.41) is 6.71. The molecule has 1 fully saturated rings. The number of hydrogen-bond acceptors (Lipinski definition) is 5. The molecule has 0 radical (unpaired) electrons. The first-order valence-electron chi connectivity index (χ1n) is 7.11. The molecule has 2 heterocycles. The first kappa shape index (κ1) is 15.5. The summed E-state index contributed by atoms with van der Waals surface area (Å²) >= 11 is 0. The number of amides is 2. The number of aryl methyl sites for hydroxylation is 1. The topological polar surface area (TPSA) is 84.7 Å². The summed E-state index contributed by atoms with van der Waals surface area (Å²) in [4.78, 5) is 25.5. The van der Waals surface area contributed by atoms with Crippen LogP contribution in [0.1, 0.15) is 35.5 Å². The van der Waals surface area contributed by atoms with Gasteiger partial charge in [0.1, 0.15) is 5.76 Å². The molecule has 1 aromatic rings. The molecule has 7 nitrogen and oxygen atoms in total. The molecule has 0 bridgehead atoms. The van der Waals surface area contributed by atoms with Gasteiger partial charge in [-0.2, -0.15) is 0 Å². The van der Waals surface area contributed by atoms with Gasteiger partial charge < -0.3 is 19.5 Å². The fraction of sp³-hybridized carbons (Fsp3) is 0.643. The van der Waals surface area contributed by atoms with E-state index < -0.39 is 0 Å². The van der Waals surface area contributed by atoms with E-state index >= 15 is 0 Å². The highest BCUT2D eigenvalue weighted by Gasteiger charge is 2.26. The second-order valence-electron chi connectivity index (χ2n) is 5.20. The number of hydrogen-bond donors (Lipinski definition) is 1. The number of piperidine rings is 1. The van der Waals surface area contributed by atoms with E-state index in [0.717, 1.165) is 12.8 Å². The van der Waals surface area contributed by atoms with Gasteiger partial charge in [0.2, 0.25) is 5.91 Å². The zero-order chi connectivity index (χ0) is 15.2. The number of carbonyl (C=O) groups is 2. The molecule has 0 aliphatic carbocycles. The number of nitrogens with one attached hydrogen (secondary N) is 1. The van der Waals surface area contributed by atoms with Crippen LogP contribution in [0.5, 0.6) is 0 Å². The van der Waals surface area contributed by atoms with Crippen molar-refractivity contribution in [2.24, 2.45) is 0 Å². The van der Waals surface area contributed by atoms with Gasteiger partial charge in [-0.05, 0) is 19.8 Å². The molecule has 0 unspecified atom stereocenters. The van der Waals surface area contributed by atoms with Gasteiger partial charge in [-0.3, -0.25) is 9.59 Å². The second kappa shape index (κ2) is 7.21. The third-order valence-corrected chi connectivity index (χ3v) is 3.53. The van der Waals surface area contributed by atoms with Gasteiger partial charge in [-0.25, -0.2) is 0 Å². The predicted molar refractivity (Wildman–Crippen MR) is 74.8 cm³/mol. The molecule has 2 amide bonds. The zero-order valence-corrected chi connectivity index (χ0v) is 12.4. The Morgan fingerprint density at radius 2 is 2.19 bits per heavy atom. The van der Waals surface area contributed by atoms with E-state index in [2.05, 4.69) is 10.5 Å². The average Bonchev–Trinajstić information content (AvgIpc) is 2.92. The van der Waals surface area contributed by atoms with Crippen LogP contribution in [0.4, 0.5) is 0 Å². The minimum Gasteiger partial charge on any atom is -0.384 e. The number of carbonyl (C=O) groups excluding carboxylic acids is 2. The molecule has 1 saturated heterocycles. The van der Waals surface area contributed by atoms with Gasteiger partial charge in [0.25, 0.3) is 5.91 Å². The van der Waals surface area contributed by atoms with E-state index in [1.54, 1.807) is 25.0 Å². The number of aromatic nitrogens is 1. The molecule has 1 N–H and O–H groups in total.